The molecule has 1 unspecified atom stereocenters. The molecule has 128 valence electrons. The number of carbonyl (C=O) groups excluding carboxylic acids is 1. The molecule has 1 fully saturated rings. The fourth-order valence-electron chi connectivity index (χ4n) is 2.93. The topological polar surface area (TPSA) is 38.8 Å². The van der Waals surface area contributed by atoms with Gasteiger partial charge in [0.1, 0.15) is 0 Å². The lowest BCUT2D eigenvalue weighted by Crippen LogP contribution is -2.28. The highest BCUT2D eigenvalue weighted by Gasteiger charge is 2.24. The summed E-state index contributed by atoms with van der Waals surface area (Å²) in [6.45, 7) is 6.76. The molecular weight excluding hydrogens is 290 g/mol. The minimum Gasteiger partial charge on any atom is -0.493 e. The van der Waals surface area contributed by atoms with Crippen LogP contribution in [-0.2, 0) is 0 Å². The lowest BCUT2D eigenvalue weighted by molar-refractivity contribution is 0.0787. The number of methoxy groups -OCH3 is 1. The maximum atomic E-state index is 12.5. The Bertz CT molecular complexity index is 515. The van der Waals surface area contributed by atoms with E-state index in [9.17, 15) is 4.79 Å². The zero-order chi connectivity index (χ0) is 16.7. The van der Waals surface area contributed by atoms with Crippen LogP contribution in [-0.4, -0.2) is 37.6 Å². The molecule has 1 atom stereocenters. The summed E-state index contributed by atoms with van der Waals surface area (Å²) in [7, 11) is 1.62. The van der Waals surface area contributed by atoms with Crippen molar-refractivity contribution in [2.24, 2.45) is 5.92 Å². The monoisotopic (exact) mass is 319 g/mol. The molecule has 0 aliphatic carbocycles. The molecular formula is C19H29NO3. The van der Waals surface area contributed by atoms with Gasteiger partial charge in [-0.15, -0.1) is 0 Å². The lowest BCUT2D eigenvalue weighted by Gasteiger charge is -2.17. The highest BCUT2D eigenvalue weighted by Crippen LogP contribution is 2.29. The Morgan fingerprint density at radius 1 is 1.26 bits per heavy atom. The van der Waals surface area contributed by atoms with Crippen molar-refractivity contribution in [3.8, 4) is 11.5 Å². The Balaban J connectivity index is 1.97. The summed E-state index contributed by atoms with van der Waals surface area (Å²) in [6, 6.07) is 5.49. The van der Waals surface area contributed by atoms with Crippen LogP contribution in [0.5, 0.6) is 11.5 Å². The number of nitrogens with zero attached hydrogens (tertiary/aromatic N) is 1. The molecule has 1 amide bonds. The molecule has 0 aromatic heterocycles. The number of rotatable bonds is 8. The van der Waals surface area contributed by atoms with E-state index in [2.05, 4.69) is 13.8 Å². The maximum absolute atomic E-state index is 12.5. The predicted octanol–water partition coefficient (Wildman–Crippen LogP) is 4.14. The third-order valence-electron chi connectivity index (χ3n) is 4.38. The second kappa shape index (κ2) is 8.80. The van der Waals surface area contributed by atoms with Gasteiger partial charge in [0.05, 0.1) is 13.7 Å². The van der Waals surface area contributed by atoms with Crippen molar-refractivity contribution in [3.05, 3.63) is 23.8 Å². The van der Waals surface area contributed by atoms with Crippen molar-refractivity contribution in [3.63, 3.8) is 0 Å². The van der Waals surface area contributed by atoms with E-state index in [1.807, 2.05) is 17.0 Å². The van der Waals surface area contributed by atoms with Gasteiger partial charge in [-0.1, -0.05) is 33.1 Å². The minimum absolute atomic E-state index is 0.0853. The number of unbranched alkanes of at least 4 members (excludes halogenated alkanes) is 3. The molecule has 2 rings (SSSR count). The summed E-state index contributed by atoms with van der Waals surface area (Å²) >= 11 is 0. The number of carbonyl (C=O) groups is 1. The van der Waals surface area contributed by atoms with Crippen LogP contribution in [0.4, 0.5) is 0 Å². The number of hydrogen-bond donors (Lipinski definition) is 0. The van der Waals surface area contributed by atoms with E-state index in [4.69, 9.17) is 9.47 Å². The van der Waals surface area contributed by atoms with Crippen LogP contribution in [0.1, 0.15) is 56.3 Å². The zero-order valence-electron chi connectivity index (χ0n) is 14.6. The van der Waals surface area contributed by atoms with Crippen LogP contribution in [0, 0.1) is 5.92 Å². The van der Waals surface area contributed by atoms with Gasteiger partial charge >= 0.3 is 0 Å². The number of benzene rings is 1. The van der Waals surface area contributed by atoms with Gasteiger partial charge in [0.25, 0.3) is 5.91 Å². The zero-order valence-corrected chi connectivity index (χ0v) is 14.6. The van der Waals surface area contributed by atoms with Crippen LogP contribution >= 0.6 is 0 Å². The SMILES string of the molecule is CCCCCCOc1ccc(C(=O)N2CCC(C)C2)cc1OC. The molecule has 0 bridgehead atoms. The Hall–Kier alpha value is -1.71. The molecule has 0 spiro atoms. The average molecular weight is 319 g/mol. The highest BCUT2D eigenvalue weighted by atomic mass is 16.5. The van der Waals surface area contributed by atoms with Crippen LogP contribution in [0.25, 0.3) is 0 Å². The predicted molar refractivity (Wildman–Crippen MR) is 92.3 cm³/mol. The highest BCUT2D eigenvalue weighted by molar-refractivity contribution is 5.95. The van der Waals surface area contributed by atoms with E-state index in [1.165, 1.54) is 19.3 Å². The molecule has 1 aliphatic rings. The molecule has 4 heteroatoms. The third-order valence-corrected chi connectivity index (χ3v) is 4.38. The maximum Gasteiger partial charge on any atom is 0.254 e. The van der Waals surface area contributed by atoms with Crippen molar-refractivity contribution >= 4 is 5.91 Å². The van der Waals surface area contributed by atoms with Crippen LogP contribution in [0.15, 0.2) is 18.2 Å². The molecule has 1 aromatic rings. The number of ether oxygens (including phenoxy) is 2. The number of likely N-dealkylation sites (tertiary alicyclic amines) is 1. The average Bonchev–Trinajstić information content (AvgIpc) is 3.00. The first kappa shape index (κ1) is 17.6. The standard InChI is InChI=1S/C19H29NO3/c1-4-5-6-7-12-23-17-9-8-16(13-18(17)22-3)19(21)20-11-10-15(2)14-20/h8-9,13,15H,4-7,10-12,14H2,1-3H3. The second-order valence-corrected chi connectivity index (χ2v) is 6.42. The Morgan fingerprint density at radius 3 is 2.74 bits per heavy atom. The Morgan fingerprint density at radius 2 is 2.09 bits per heavy atom. The Labute approximate surface area is 139 Å². The van der Waals surface area contributed by atoms with E-state index in [0.717, 1.165) is 31.7 Å². The van der Waals surface area contributed by atoms with Gasteiger partial charge in [0.2, 0.25) is 0 Å². The number of hydrogen-bond acceptors (Lipinski definition) is 3. The Kier molecular flexibility index (Phi) is 6.75. The summed E-state index contributed by atoms with van der Waals surface area (Å²) in [5.74, 6) is 2.03. The normalized spacial score (nSPS) is 17.3. The van der Waals surface area contributed by atoms with E-state index in [1.54, 1.807) is 13.2 Å². The fraction of sp³-hybridized carbons (Fsp3) is 0.632. The van der Waals surface area contributed by atoms with Crippen molar-refractivity contribution in [1.82, 2.24) is 4.90 Å². The quantitative estimate of drug-likeness (QED) is 0.676. The van der Waals surface area contributed by atoms with E-state index < -0.39 is 0 Å². The summed E-state index contributed by atoms with van der Waals surface area (Å²) in [4.78, 5) is 14.5. The first-order valence-electron chi connectivity index (χ1n) is 8.75. The lowest BCUT2D eigenvalue weighted by atomic mass is 10.1. The van der Waals surface area contributed by atoms with Gasteiger partial charge in [-0.3, -0.25) is 4.79 Å². The van der Waals surface area contributed by atoms with Crippen LogP contribution < -0.4 is 9.47 Å². The minimum atomic E-state index is 0.0853. The third kappa shape index (κ3) is 4.88. The molecule has 0 N–H and O–H groups in total. The summed E-state index contributed by atoms with van der Waals surface area (Å²) in [5, 5.41) is 0. The summed E-state index contributed by atoms with van der Waals surface area (Å²) < 4.78 is 11.2. The van der Waals surface area contributed by atoms with Gasteiger partial charge in [-0.05, 0) is 37.0 Å². The smallest absolute Gasteiger partial charge is 0.254 e. The number of amides is 1. The molecule has 0 saturated carbocycles. The van der Waals surface area contributed by atoms with E-state index in [0.29, 0.717) is 23.8 Å². The van der Waals surface area contributed by atoms with Crippen LogP contribution in [0.2, 0.25) is 0 Å². The molecule has 1 heterocycles. The fourth-order valence-corrected chi connectivity index (χ4v) is 2.93. The molecule has 23 heavy (non-hydrogen) atoms. The molecule has 1 aromatic carbocycles. The second-order valence-electron chi connectivity index (χ2n) is 6.42. The van der Waals surface area contributed by atoms with Crippen molar-refractivity contribution in [2.45, 2.75) is 46.0 Å². The first-order valence-corrected chi connectivity index (χ1v) is 8.75. The van der Waals surface area contributed by atoms with E-state index in [-0.39, 0.29) is 5.91 Å². The molecule has 4 nitrogen and oxygen atoms in total. The molecule has 1 aliphatic heterocycles. The largest absolute Gasteiger partial charge is 0.493 e. The van der Waals surface area contributed by atoms with Crippen molar-refractivity contribution in [2.75, 3.05) is 26.8 Å². The van der Waals surface area contributed by atoms with Crippen molar-refractivity contribution in [1.29, 1.82) is 0 Å². The molecule has 0 radical (unpaired) electrons. The van der Waals surface area contributed by atoms with Gasteiger partial charge in [0.15, 0.2) is 11.5 Å². The van der Waals surface area contributed by atoms with E-state index >= 15 is 0 Å². The van der Waals surface area contributed by atoms with Gasteiger partial charge in [-0.25, -0.2) is 0 Å². The van der Waals surface area contributed by atoms with Crippen LogP contribution in [0.3, 0.4) is 0 Å². The summed E-state index contributed by atoms with van der Waals surface area (Å²) in [5.41, 5.74) is 0.675. The van der Waals surface area contributed by atoms with Gasteiger partial charge in [0, 0.05) is 18.7 Å². The van der Waals surface area contributed by atoms with Crippen molar-refractivity contribution < 1.29 is 14.3 Å². The van der Waals surface area contributed by atoms with Gasteiger partial charge < -0.3 is 14.4 Å². The van der Waals surface area contributed by atoms with Gasteiger partial charge in [-0.2, -0.15) is 0 Å². The molecule has 1 saturated heterocycles. The summed E-state index contributed by atoms with van der Waals surface area (Å²) in [6.07, 6.45) is 5.77. The first-order chi connectivity index (χ1) is 11.2.